The number of nitrogens with one attached hydrogen (secondary N) is 1. The third kappa shape index (κ3) is 3.96. The lowest BCUT2D eigenvalue weighted by atomic mass is 10.1. The molecule has 0 spiro atoms. The largest absolute Gasteiger partial charge is 0.383 e. The molecule has 9 heteroatoms. The third-order valence-corrected chi connectivity index (χ3v) is 5.17. The monoisotopic (exact) mass is 443 g/mol. The Morgan fingerprint density at radius 1 is 1.03 bits per heavy atom. The Bertz CT molecular complexity index is 1470. The molecule has 7 nitrogen and oxygen atoms in total. The molecule has 5 rings (SSSR count). The minimum Gasteiger partial charge on any atom is -0.383 e. The van der Waals surface area contributed by atoms with Crippen LogP contribution in [0, 0.1) is 18.6 Å². The van der Waals surface area contributed by atoms with Gasteiger partial charge in [-0.15, -0.1) is 5.10 Å². The molecule has 3 N–H and O–H groups in total. The van der Waals surface area contributed by atoms with Crippen molar-refractivity contribution in [2.24, 2.45) is 0 Å². The van der Waals surface area contributed by atoms with Crippen molar-refractivity contribution >= 4 is 22.8 Å². The van der Waals surface area contributed by atoms with E-state index in [0.717, 1.165) is 39.6 Å². The van der Waals surface area contributed by atoms with Gasteiger partial charge >= 0.3 is 0 Å². The number of hydrogen-bond acceptors (Lipinski definition) is 6. The highest BCUT2D eigenvalue weighted by atomic mass is 19.1. The summed E-state index contributed by atoms with van der Waals surface area (Å²) in [6.45, 7) is 2.42. The number of benzene rings is 2. The minimum atomic E-state index is -0.657. The Labute approximate surface area is 188 Å². The number of nitrogens with zero attached hydrogens (tertiary/aromatic N) is 5. The Hall–Kier alpha value is -4.40. The van der Waals surface area contributed by atoms with Crippen molar-refractivity contribution < 1.29 is 8.78 Å². The molecule has 0 aliphatic carbocycles. The molecule has 3 heterocycles. The first kappa shape index (κ1) is 20.5. The average molecular weight is 443 g/mol. The van der Waals surface area contributed by atoms with Gasteiger partial charge in [0.05, 0.1) is 11.1 Å². The van der Waals surface area contributed by atoms with Crippen molar-refractivity contribution in [3.05, 3.63) is 89.8 Å². The van der Waals surface area contributed by atoms with Crippen LogP contribution in [0.5, 0.6) is 0 Å². The molecule has 0 saturated heterocycles. The van der Waals surface area contributed by atoms with Gasteiger partial charge in [0.15, 0.2) is 5.65 Å². The van der Waals surface area contributed by atoms with E-state index in [1.54, 1.807) is 12.4 Å². The molecular weight excluding hydrogens is 424 g/mol. The number of fused-ring (bicyclic) bond motifs is 1. The van der Waals surface area contributed by atoms with Gasteiger partial charge in [0, 0.05) is 30.6 Å². The molecular formula is C24H19F2N7. The van der Waals surface area contributed by atoms with Gasteiger partial charge in [-0.05, 0) is 36.8 Å². The topological polar surface area (TPSA) is 94.5 Å². The van der Waals surface area contributed by atoms with Crippen LogP contribution >= 0.6 is 0 Å². The molecule has 0 amide bonds. The number of aromatic nitrogens is 5. The van der Waals surface area contributed by atoms with E-state index in [-0.39, 0.29) is 17.2 Å². The summed E-state index contributed by atoms with van der Waals surface area (Å²) in [5, 5.41) is 8.03. The second-order valence-corrected chi connectivity index (χ2v) is 7.57. The van der Waals surface area contributed by atoms with Gasteiger partial charge in [-0.25, -0.2) is 18.4 Å². The van der Waals surface area contributed by atoms with Crippen molar-refractivity contribution in [3.8, 4) is 16.9 Å². The summed E-state index contributed by atoms with van der Waals surface area (Å²) in [6, 6.07) is 14.6. The first-order chi connectivity index (χ1) is 16.0. The summed E-state index contributed by atoms with van der Waals surface area (Å²) in [6.07, 6.45) is 3.44. The molecule has 0 unspecified atom stereocenters. The first-order valence-corrected chi connectivity index (χ1v) is 10.2. The number of nitrogens with two attached hydrogens (primary N) is 1. The number of anilines is 2. The zero-order valence-corrected chi connectivity index (χ0v) is 17.6. The second-order valence-electron chi connectivity index (χ2n) is 7.57. The molecule has 5 aromatic rings. The maximum atomic E-state index is 14.5. The number of pyridine rings is 1. The Morgan fingerprint density at radius 3 is 2.70 bits per heavy atom. The van der Waals surface area contributed by atoms with Gasteiger partial charge in [0.2, 0.25) is 5.95 Å². The van der Waals surface area contributed by atoms with Crippen molar-refractivity contribution in [2.45, 2.75) is 13.5 Å². The smallest absolute Gasteiger partial charge is 0.225 e. The normalized spacial score (nSPS) is 11.1. The van der Waals surface area contributed by atoms with E-state index in [0.29, 0.717) is 23.6 Å². The molecule has 33 heavy (non-hydrogen) atoms. The van der Waals surface area contributed by atoms with Crippen molar-refractivity contribution in [1.29, 1.82) is 0 Å². The van der Waals surface area contributed by atoms with Crippen LogP contribution in [0.1, 0.15) is 11.1 Å². The van der Waals surface area contributed by atoms with E-state index >= 15 is 0 Å². The summed E-state index contributed by atoms with van der Waals surface area (Å²) in [7, 11) is 0. The van der Waals surface area contributed by atoms with Crippen LogP contribution in [0.4, 0.5) is 20.5 Å². The molecule has 0 atom stereocenters. The van der Waals surface area contributed by atoms with Crippen molar-refractivity contribution in [1.82, 2.24) is 24.7 Å². The summed E-state index contributed by atoms with van der Waals surface area (Å²) in [5.41, 5.74) is 9.86. The highest BCUT2D eigenvalue weighted by Crippen LogP contribution is 2.33. The predicted octanol–water partition coefficient (Wildman–Crippen LogP) is 4.66. The quantitative estimate of drug-likeness (QED) is 0.410. The number of rotatable bonds is 5. The van der Waals surface area contributed by atoms with Crippen LogP contribution in [0.15, 0.2) is 67.0 Å². The molecule has 0 bridgehead atoms. The minimum absolute atomic E-state index is 0.106. The fourth-order valence-corrected chi connectivity index (χ4v) is 3.61. The molecule has 0 fully saturated rings. The summed E-state index contributed by atoms with van der Waals surface area (Å²) in [4.78, 5) is 13.3. The Morgan fingerprint density at radius 2 is 1.91 bits per heavy atom. The van der Waals surface area contributed by atoms with E-state index in [4.69, 9.17) is 10.7 Å². The SMILES string of the molecule is Cc1cccc(-c2nc(NCc3cccnc3)nc3nn(-c4cc(F)ccc4F)c(N)c23)c1. The van der Waals surface area contributed by atoms with Crippen LogP contribution in [0.25, 0.3) is 28.0 Å². The van der Waals surface area contributed by atoms with Gasteiger partial charge in [0.1, 0.15) is 23.1 Å². The lowest BCUT2D eigenvalue weighted by Crippen LogP contribution is -2.05. The first-order valence-electron chi connectivity index (χ1n) is 10.2. The highest BCUT2D eigenvalue weighted by molar-refractivity contribution is 5.99. The van der Waals surface area contributed by atoms with Gasteiger partial charge in [-0.2, -0.15) is 4.98 Å². The van der Waals surface area contributed by atoms with Crippen LogP contribution < -0.4 is 11.1 Å². The van der Waals surface area contributed by atoms with E-state index in [1.807, 2.05) is 43.3 Å². The van der Waals surface area contributed by atoms with E-state index in [1.165, 1.54) is 0 Å². The third-order valence-electron chi connectivity index (χ3n) is 5.17. The lowest BCUT2D eigenvalue weighted by molar-refractivity contribution is 0.588. The van der Waals surface area contributed by atoms with Crippen molar-refractivity contribution in [2.75, 3.05) is 11.1 Å². The van der Waals surface area contributed by atoms with Gasteiger partial charge in [0.25, 0.3) is 0 Å². The summed E-state index contributed by atoms with van der Waals surface area (Å²) >= 11 is 0. The number of halogens is 2. The van der Waals surface area contributed by atoms with Crippen LogP contribution in [-0.4, -0.2) is 24.7 Å². The fraction of sp³-hybridized carbons (Fsp3) is 0.0833. The second kappa shape index (κ2) is 8.27. The zero-order valence-electron chi connectivity index (χ0n) is 17.6. The van der Waals surface area contributed by atoms with Crippen LogP contribution in [-0.2, 0) is 6.54 Å². The van der Waals surface area contributed by atoms with Gasteiger partial charge in [-0.1, -0.05) is 29.8 Å². The highest BCUT2D eigenvalue weighted by Gasteiger charge is 2.21. The molecule has 0 aliphatic rings. The summed E-state index contributed by atoms with van der Waals surface area (Å²) in [5.74, 6) is -0.817. The van der Waals surface area contributed by atoms with Crippen molar-refractivity contribution in [3.63, 3.8) is 0 Å². The Balaban J connectivity index is 1.68. The molecule has 0 aliphatic heterocycles. The average Bonchev–Trinajstić information content (AvgIpc) is 3.15. The lowest BCUT2D eigenvalue weighted by Gasteiger charge is -2.09. The zero-order chi connectivity index (χ0) is 22.9. The maximum Gasteiger partial charge on any atom is 0.225 e. The number of aryl methyl sites for hydroxylation is 1. The molecule has 3 aromatic heterocycles. The van der Waals surface area contributed by atoms with Gasteiger partial charge < -0.3 is 11.1 Å². The summed E-state index contributed by atoms with van der Waals surface area (Å²) < 4.78 is 29.5. The van der Waals surface area contributed by atoms with Crippen LogP contribution in [0.2, 0.25) is 0 Å². The number of nitrogen functional groups attached to an aromatic ring is 1. The maximum absolute atomic E-state index is 14.5. The predicted molar refractivity (Wildman–Crippen MR) is 123 cm³/mol. The molecule has 0 saturated carbocycles. The fourth-order valence-electron chi connectivity index (χ4n) is 3.61. The Kier molecular flexibility index (Phi) is 5.14. The van der Waals surface area contributed by atoms with E-state index < -0.39 is 11.6 Å². The van der Waals surface area contributed by atoms with E-state index in [2.05, 4.69) is 20.4 Å². The van der Waals surface area contributed by atoms with E-state index in [9.17, 15) is 8.78 Å². The number of hydrogen-bond donors (Lipinski definition) is 2. The molecule has 164 valence electrons. The molecule has 0 radical (unpaired) electrons. The standard InChI is InChI=1S/C24H19F2N7/c1-14-4-2-6-16(10-14)21-20-22(27)33(19-11-17(25)7-8-18(19)26)32-23(20)31-24(30-21)29-13-15-5-3-9-28-12-15/h2-12H,13,27H2,1H3,(H,29,31,32). The van der Waals surface area contributed by atoms with Gasteiger partial charge in [-0.3, -0.25) is 4.98 Å². The van der Waals surface area contributed by atoms with Crippen LogP contribution in [0.3, 0.4) is 0 Å². The molecule has 2 aromatic carbocycles.